The quantitative estimate of drug-likeness (QED) is 0.809. The van der Waals surface area contributed by atoms with Crippen LogP contribution in [0, 0.1) is 0 Å². The fourth-order valence-corrected chi connectivity index (χ4v) is 4.47. The van der Waals surface area contributed by atoms with Gasteiger partial charge in [0, 0.05) is 13.0 Å². The number of anilines is 1. The number of carboxylic acid groups (broad SMARTS) is 1. The molecule has 1 heterocycles. The summed E-state index contributed by atoms with van der Waals surface area (Å²) in [6, 6.07) is 11.4. The minimum atomic E-state index is -3.66. The van der Waals surface area contributed by atoms with Gasteiger partial charge in [-0.15, -0.1) is 0 Å². The second kappa shape index (κ2) is 7.21. The molecule has 0 radical (unpaired) electrons. The predicted molar refractivity (Wildman–Crippen MR) is 98.1 cm³/mol. The molecule has 0 bridgehead atoms. The lowest BCUT2D eigenvalue weighted by atomic mass is 9.93. The lowest BCUT2D eigenvalue weighted by Gasteiger charge is -2.18. The average Bonchev–Trinajstić information content (AvgIpc) is 3.15. The summed E-state index contributed by atoms with van der Waals surface area (Å²) in [6.45, 7) is 0.426. The molecule has 2 aromatic rings. The van der Waals surface area contributed by atoms with Crippen molar-refractivity contribution in [2.45, 2.75) is 16.6 Å². The Morgan fingerprint density at radius 2 is 1.96 bits per heavy atom. The molecule has 0 spiro atoms. The number of rotatable bonds is 6. The number of aromatic carboxylic acids is 1. The zero-order valence-corrected chi connectivity index (χ0v) is 15.0. The van der Waals surface area contributed by atoms with Crippen LogP contribution in [0.15, 0.2) is 59.7 Å². The number of hydrogen-bond donors (Lipinski definition) is 2. The molecule has 6 nitrogen and oxygen atoms in total. The van der Waals surface area contributed by atoms with E-state index in [4.69, 9.17) is 4.74 Å². The third-order valence-corrected chi connectivity index (χ3v) is 6.00. The van der Waals surface area contributed by atoms with Gasteiger partial charge in [0.1, 0.15) is 0 Å². The van der Waals surface area contributed by atoms with Gasteiger partial charge in [-0.3, -0.25) is 0 Å². The van der Waals surface area contributed by atoms with Crippen molar-refractivity contribution in [2.24, 2.45) is 0 Å². The van der Waals surface area contributed by atoms with E-state index in [1.54, 1.807) is 43.6 Å². The fourth-order valence-electron chi connectivity index (χ4n) is 3.08. The summed E-state index contributed by atoms with van der Waals surface area (Å²) in [6.07, 6.45) is 3.43. The van der Waals surface area contributed by atoms with Gasteiger partial charge in [0.25, 0.3) is 0 Å². The van der Waals surface area contributed by atoms with E-state index in [1.165, 1.54) is 12.1 Å². The molecule has 0 fully saturated rings. The van der Waals surface area contributed by atoms with E-state index in [0.29, 0.717) is 12.3 Å². The van der Waals surface area contributed by atoms with Gasteiger partial charge in [0.05, 0.1) is 34.8 Å². The van der Waals surface area contributed by atoms with Crippen molar-refractivity contribution in [3.63, 3.8) is 0 Å². The second-order valence-corrected chi connectivity index (χ2v) is 7.95. The molecule has 1 aliphatic heterocycles. The highest BCUT2D eigenvalue weighted by molar-refractivity contribution is 7.90. The first-order valence-electron chi connectivity index (χ1n) is 8.07. The third kappa shape index (κ3) is 3.43. The molecule has 3 rings (SSSR count). The lowest BCUT2D eigenvalue weighted by Crippen LogP contribution is -2.15. The van der Waals surface area contributed by atoms with Gasteiger partial charge in [0.15, 0.2) is 9.84 Å². The maximum Gasteiger partial charge on any atom is 0.338 e. The monoisotopic (exact) mass is 373 g/mol. The van der Waals surface area contributed by atoms with Crippen molar-refractivity contribution in [1.82, 2.24) is 0 Å². The van der Waals surface area contributed by atoms with Gasteiger partial charge in [-0.1, -0.05) is 30.3 Å². The van der Waals surface area contributed by atoms with Gasteiger partial charge in [-0.05, 0) is 29.3 Å². The second-order valence-electron chi connectivity index (χ2n) is 5.96. The van der Waals surface area contributed by atoms with Crippen molar-refractivity contribution < 1.29 is 23.1 Å². The molecule has 1 aliphatic rings. The number of ether oxygens (including phenoxy) is 1. The van der Waals surface area contributed by atoms with Crippen molar-refractivity contribution in [2.75, 3.05) is 19.0 Å². The molecule has 0 saturated carbocycles. The average molecular weight is 373 g/mol. The third-order valence-electron chi connectivity index (χ3n) is 4.32. The van der Waals surface area contributed by atoms with Gasteiger partial charge < -0.3 is 15.2 Å². The molecule has 136 valence electrons. The summed E-state index contributed by atoms with van der Waals surface area (Å²) in [7, 11) is -2.03. The summed E-state index contributed by atoms with van der Waals surface area (Å²) in [5.74, 6) is -1.63. The summed E-state index contributed by atoms with van der Waals surface area (Å²) in [4.78, 5) is 12.1. The Morgan fingerprint density at radius 3 is 2.54 bits per heavy atom. The van der Waals surface area contributed by atoms with Gasteiger partial charge in [0.2, 0.25) is 0 Å². The van der Waals surface area contributed by atoms with Crippen molar-refractivity contribution in [1.29, 1.82) is 0 Å². The molecule has 2 aromatic carbocycles. The van der Waals surface area contributed by atoms with E-state index in [0.717, 1.165) is 5.56 Å². The number of hydrogen-bond acceptors (Lipinski definition) is 5. The number of carbonyl (C=O) groups is 1. The van der Waals surface area contributed by atoms with Gasteiger partial charge in [-0.25, -0.2) is 13.2 Å². The van der Waals surface area contributed by atoms with Crippen LogP contribution in [0.25, 0.3) is 0 Å². The molecule has 2 N–H and O–H groups in total. The summed E-state index contributed by atoms with van der Waals surface area (Å²) in [5, 5.41) is 12.7. The normalized spacial score (nSPS) is 16.3. The van der Waals surface area contributed by atoms with Crippen molar-refractivity contribution in [3.05, 3.63) is 71.5 Å². The molecule has 0 aliphatic carbocycles. The van der Waals surface area contributed by atoms with Gasteiger partial charge in [-0.2, -0.15) is 0 Å². The Bertz CT molecular complexity index is 951. The molecule has 7 heteroatoms. The van der Waals surface area contributed by atoms with Crippen LogP contribution in [-0.4, -0.2) is 33.1 Å². The van der Waals surface area contributed by atoms with Crippen molar-refractivity contribution >= 4 is 21.5 Å². The molecule has 26 heavy (non-hydrogen) atoms. The summed E-state index contributed by atoms with van der Waals surface area (Å²) in [5.41, 5.74) is 1.40. The smallest absolute Gasteiger partial charge is 0.338 e. The number of nitrogens with one attached hydrogen (secondary N) is 1. The highest BCUT2D eigenvalue weighted by Gasteiger charge is 2.26. The summed E-state index contributed by atoms with van der Waals surface area (Å²) >= 11 is 0. The minimum absolute atomic E-state index is 0.0233. The van der Waals surface area contributed by atoms with Crippen LogP contribution in [0.1, 0.15) is 27.4 Å². The first-order chi connectivity index (χ1) is 12.4. The summed E-state index contributed by atoms with van der Waals surface area (Å²) < 4.78 is 30.6. The van der Waals surface area contributed by atoms with E-state index in [2.05, 4.69) is 5.32 Å². The standard InChI is InChI=1S/C19H19NO5S/c1-20-18-16(13-9-10-25-11-13)8-7-14(17(18)19(21)22)12-26(23,24)15-5-3-2-4-6-15/h2-10,13,20H,11-12H2,1H3,(H,21,22). The Kier molecular flexibility index (Phi) is 4.99. The molecular weight excluding hydrogens is 354 g/mol. The largest absolute Gasteiger partial charge is 0.501 e. The number of sulfone groups is 1. The number of benzene rings is 2. The highest BCUT2D eigenvalue weighted by atomic mass is 32.2. The minimum Gasteiger partial charge on any atom is -0.501 e. The van der Waals surface area contributed by atoms with E-state index < -0.39 is 15.8 Å². The SMILES string of the molecule is CNc1c(C2C=COC2)ccc(CS(=O)(=O)c2ccccc2)c1C(=O)O. The zero-order valence-electron chi connectivity index (χ0n) is 14.2. The zero-order chi connectivity index (χ0) is 18.7. The van der Waals surface area contributed by atoms with Crippen LogP contribution in [0.4, 0.5) is 5.69 Å². The molecule has 1 unspecified atom stereocenters. The van der Waals surface area contributed by atoms with Crippen LogP contribution in [0.3, 0.4) is 0 Å². The highest BCUT2D eigenvalue weighted by Crippen LogP contribution is 2.34. The Hall–Kier alpha value is -2.80. The molecular formula is C19H19NO5S. The fraction of sp³-hybridized carbons (Fsp3) is 0.211. The number of carboxylic acids is 1. The van der Waals surface area contributed by atoms with E-state index >= 15 is 0 Å². The van der Waals surface area contributed by atoms with Crippen LogP contribution in [0.5, 0.6) is 0 Å². The predicted octanol–water partition coefficient (Wildman–Crippen LogP) is 3.03. The van der Waals surface area contributed by atoms with Crippen LogP contribution in [0.2, 0.25) is 0 Å². The molecule has 1 atom stereocenters. The maximum absolute atomic E-state index is 12.7. The maximum atomic E-state index is 12.7. The first-order valence-corrected chi connectivity index (χ1v) is 9.72. The van der Waals surface area contributed by atoms with E-state index in [1.807, 2.05) is 6.08 Å². The molecule has 0 saturated heterocycles. The van der Waals surface area contributed by atoms with Gasteiger partial charge >= 0.3 is 5.97 Å². The Morgan fingerprint density at radius 1 is 1.23 bits per heavy atom. The molecule has 0 aromatic heterocycles. The molecule has 0 amide bonds. The van der Waals surface area contributed by atoms with E-state index in [-0.39, 0.29) is 27.7 Å². The first kappa shape index (κ1) is 18.0. The lowest BCUT2D eigenvalue weighted by molar-refractivity contribution is 0.0697. The Labute approximate surface area is 152 Å². The van der Waals surface area contributed by atoms with Crippen LogP contribution < -0.4 is 5.32 Å². The topological polar surface area (TPSA) is 92.7 Å². The van der Waals surface area contributed by atoms with Crippen LogP contribution in [-0.2, 0) is 20.3 Å². The van der Waals surface area contributed by atoms with Crippen molar-refractivity contribution in [3.8, 4) is 0 Å². The van der Waals surface area contributed by atoms with E-state index in [9.17, 15) is 18.3 Å². The Balaban J connectivity index is 2.07. The van der Waals surface area contributed by atoms with Crippen LogP contribution >= 0.6 is 0 Å².